The van der Waals surface area contributed by atoms with Gasteiger partial charge in [0.1, 0.15) is 11.8 Å². The summed E-state index contributed by atoms with van der Waals surface area (Å²) in [4.78, 5) is 0.976. The van der Waals surface area contributed by atoms with Gasteiger partial charge in [-0.25, -0.2) is 8.42 Å². The molecule has 1 aromatic heterocycles. The van der Waals surface area contributed by atoms with Crippen LogP contribution in [0.1, 0.15) is 22.9 Å². The summed E-state index contributed by atoms with van der Waals surface area (Å²) in [6.45, 7) is 0. The quantitative estimate of drug-likeness (QED) is 0.543. The Hall–Kier alpha value is -2.89. The van der Waals surface area contributed by atoms with E-state index >= 15 is 0 Å². The van der Waals surface area contributed by atoms with Gasteiger partial charge in [-0.15, -0.1) is 11.3 Å². The van der Waals surface area contributed by atoms with Gasteiger partial charge in [0.15, 0.2) is 0 Å². The average Bonchev–Trinajstić information content (AvgIpc) is 3.43. The second kappa shape index (κ2) is 8.57. The van der Waals surface area contributed by atoms with Crippen LogP contribution in [0.2, 0.25) is 0 Å². The Morgan fingerprint density at radius 2 is 1.81 bits per heavy atom. The van der Waals surface area contributed by atoms with Crippen LogP contribution in [0.5, 0.6) is 5.75 Å². The van der Waals surface area contributed by atoms with E-state index in [0.29, 0.717) is 29.1 Å². The molecule has 0 saturated carbocycles. The number of nitrogens with zero attached hydrogens (tertiary/aromatic N) is 2. The van der Waals surface area contributed by atoms with Crippen LogP contribution in [0.25, 0.3) is 0 Å². The Labute approximate surface area is 191 Å². The Morgan fingerprint density at radius 1 is 1.06 bits per heavy atom. The first-order valence-electron chi connectivity index (χ1n) is 9.55. The van der Waals surface area contributed by atoms with Crippen molar-refractivity contribution in [1.29, 1.82) is 0 Å². The van der Waals surface area contributed by atoms with Crippen molar-refractivity contribution in [2.24, 2.45) is 5.10 Å². The Morgan fingerprint density at radius 3 is 2.44 bits per heavy atom. The number of ether oxygens (including phenoxy) is 1. The van der Waals surface area contributed by atoms with Crippen LogP contribution >= 0.6 is 11.3 Å². The first-order valence-corrected chi connectivity index (χ1v) is 13.8. The number of rotatable bonds is 7. The van der Waals surface area contributed by atoms with E-state index in [9.17, 15) is 16.8 Å². The molecule has 1 unspecified atom stereocenters. The van der Waals surface area contributed by atoms with Crippen molar-refractivity contribution in [2.75, 3.05) is 18.1 Å². The SMILES string of the molecule is COc1ccc(S(=O)(=O)N2N=C(c3cccc(NS(C)(=O)=O)c3)CC2c2cccs2)cc1. The molecule has 11 heteroatoms. The Bertz CT molecular complexity index is 1350. The summed E-state index contributed by atoms with van der Waals surface area (Å²) in [7, 11) is -5.86. The average molecular weight is 492 g/mol. The smallest absolute Gasteiger partial charge is 0.279 e. The molecule has 8 nitrogen and oxygen atoms in total. The van der Waals surface area contributed by atoms with Gasteiger partial charge < -0.3 is 4.74 Å². The van der Waals surface area contributed by atoms with Gasteiger partial charge in [-0.2, -0.15) is 17.9 Å². The summed E-state index contributed by atoms with van der Waals surface area (Å²) >= 11 is 1.46. The number of methoxy groups -OCH3 is 1. The fourth-order valence-electron chi connectivity index (χ4n) is 3.41. The van der Waals surface area contributed by atoms with Crippen molar-refractivity contribution in [3.63, 3.8) is 0 Å². The van der Waals surface area contributed by atoms with E-state index in [-0.39, 0.29) is 4.90 Å². The number of anilines is 1. The topological polar surface area (TPSA) is 105 Å². The molecule has 1 aliphatic rings. The largest absolute Gasteiger partial charge is 0.497 e. The first kappa shape index (κ1) is 22.3. The molecule has 3 aromatic rings. The zero-order valence-corrected chi connectivity index (χ0v) is 19.7. The highest BCUT2D eigenvalue weighted by atomic mass is 32.2. The van der Waals surface area contributed by atoms with Crippen molar-refractivity contribution < 1.29 is 21.6 Å². The number of hydrogen-bond donors (Lipinski definition) is 1. The van der Waals surface area contributed by atoms with E-state index in [1.807, 2.05) is 17.5 Å². The normalized spacial score (nSPS) is 16.6. The summed E-state index contributed by atoms with van der Waals surface area (Å²) in [5.74, 6) is 0.555. The molecule has 168 valence electrons. The molecule has 0 saturated heterocycles. The van der Waals surface area contributed by atoms with Crippen molar-refractivity contribution in [3.8, 4) is 5.75 Å². The highest BCUT2D eigenvalue weighted by Gasteiger charge is 2.38. The maximum atomic E-state index is 13.5. The molecule has 0 aliphatic carbocycles. The van der Waals surface area contributed by atoms with Crippen molar-refractivity contribution in [1.82, 2.24) is 4.41 Å². The summed E-state index contributed by atoms with van der Waals surface area (Å²) in [6.07, 6.45) is 1.43. The monoisotopic (exact) mass is 491 g/mol. The van der Waals surface area contributed by atoms with Crippen molar-refractivity contribution >= 4 is 42.8 Å². The van der Waals surface area contributed by atoms with Gasteiger partial charge in [0, 0.05) is 17.0 Å². The van der Waals surface area contributed by atoms with Crippen LogP contribution < -0.4 is 9.46 Å². The van der Waals surface area contributed by atoms with E-state index in [1.54, 1.807) is 36.4 Å². The number of hydrogen-bond acceptors (Lipinski definition) is 7. The molecule has 1 N–H and O–H groups in total. The van der Waals surface area contributed by atoms with Crippen LogP contribution in [0.4, 0.5) is 5.69 Å². The van der Waals surface area contributed by atoms with Gasteiger partial charge in [0.25, 0.3) is 10.0 Å². The predicted octanol–water partition coefficient (Wildman–Crippen LogP) is 3.67. The summed E-state index contributed by atoms with van der Waals surface area (Å²) < 4.78 is 58.8. The maximum absolute atomic E-state index is 13.5. The predicted molar refractivity (Wildman–Crippen MR) is 125 cm³/mol. The van der Waals surface area contributed by atoms with Gasteiger partial charge in [-0.05, 0) is 53.4 Å². The van der Waals surface area contributed by atoms with E-state index < -0.39 is 26.1 Å². The molecule has 32 heavy (non-hydrogen) atoms. The number of sulfonamides is 2. The van der Waals surface area contributed by atoms with Gasteiger partial charge in [0.05, 0.1) is 24.0 Å². The molecule has 1 aliphatic heterocycles. The van der Waals surface area contributed by atoms with E-state index in [0.717, 1.165) is 15.5 Å². The summed E-state index contributed by atoms with van der Waals surface area (Å²) in [6, 6.07) is 16.2. The number of hydrazone groups is 1. The lowest BCUT2D eigenvalue weighted by Crippen LogP contribution is -2.26. The molecule has 0 amide bonds. The van der Waals surface area contributed by atoms with E-state index in [2.05, 4.69) is 9.82 Å². The minimum atomic E-state index is -3.93. The summed E-state index contributed by atoms with van der Waals surface area (Å²) in [5, 5.41) is 6.38. The molecule has 2 heterocycles. The lowest BCUT2D eigenvalue weighted by Gasteiger charge is -2.22. The van der Waals surface area contributed by atoms with Gasteiger partial charge in [0.2, 0.25) is 10.0 Å². The molecule has 1 atom stereocenters. The van der Waals surface area contributed by atoms with Gasteiger partial charge >= 0.3 is 0 Å². The maximum Gasteiger partial charge on any atom is 0.279 e. The Balaban J connectivity index is 1.74. The van der Waals surface area contributed by atoms with Gasteiger partial charge in [-0.3, -0.25) is 4.72 Å². The molecule has 0 radical (unpaired) electrons. The molecule has 2 aromatic carbocycles. The number of benzene rings is 2. The van der Waals surface area contributed by atoms with E-state index in [1.165, 1.54) is 30.6 Å². The molecular formula is C21H21N3O5S3. The summed E-state index contributed by atoms with van der Waals surface area (Å²) in [5.41, 5.74) is 1.59. The van der Waals surface area contributed by atoms with Crippen molar-refractivity contribution in [3.05, 3.63) is 76.5 Å². The fourth-order valence-corrected chi connectivity index (χ4v) is 6.27. The zero-order valence-electron chi connectivity index (χ0n) is 17.3. The van der Waals surface area contributed by atoms with Crippen LogP contribution in [0.3, 0.4) is 0 Å². The van der Waals surface area contributed by atoms with Crippen LogP contribution in [0, 0.1) is 0 Å². The van der Waals surface area contributed by atoms with E-state index in [4.69, 9.17) is 4.74 Å². The third kappa shape index (κ3) is 4.64. The molecule has 0 fully saturated rings. The lowest BCUT2D eigenvalue weighted by atomic mass is 10.0. The Kier molecular flexibility index (Phi) is 5.97. The first-order chi connectivity index (χ1) is 15.2. The lowest BCUT2D eigenvalue weighted by molar-refractivity contribution is 0.375. The van der Waals surface area contributed by atoms with Gasteiger partial charge in [-0.1, -0.05) is 18.2 Å². The van der Waals surface area contributed by atoms with Crippen LogP contribution in [0.15, 0.2) is 76.0 Å². The number of thiophene rings is 1. The van der Waals surface area contributed by atoms with Crippen LogP contribution in [-0.4, -0.2) is 40.3 Å². The third-order valence-electron chi connectivity index (χ3n) is 4.85. The fraction of sp³-hybridized carbons (Fsp3) is 0.190. The minimum Gasteiger partial charge on any atom is -0.497 e. The highest BCUT2D eigenvalue weighted by molar-refractivity contribution is 7.92. The molecule has 4 rings (SSSR count). The zero-order chi connectivity index (χ0) is 22.9. The third-order valence-corrected chi connectivity index (χ3v) is 8.12. The standard InChI is InChI=1S/C21H21N3O5S3/c1-29-17-8-10-18(11-9-17)32(27,28)24-20(21-7-4-12-30-21)14-19(22-24)15-5-3-6-16(13-15)23-31(2,25)26/h3-13,20,23H,14H2,1-2H3. The minimum absolute atomic E-state index is 0.109. The molecule has 0 bridgehead atoms. The second-order valence-corrected chi connectivity index (χ2v) is 11.7. The second-order valence-electron chi connectivity index (χ2n) is 7.19. The highest BCUT2D eigenvalue weighted by Crippen LogP contribution is 2.39. The molecule has 0 spiro atoms. The molecular weight excluding hydrogens is 470 g/mol. The van der Waals surface area contributed by atoms with Crippen molar-refractivity contribution in [2.45, 2.75) is 17.4 Å². The van der Waals surface area contributed by atoms with Crippen LogP contribution in [-0.2, 0) is 20.0 Å². The number of nitrogens with one attached hydrogen (secondary N) is 1.